The Labute approximate surface area is 142 Å². The summed E-state index contributed by atoms with van der Waals surface area (Å²) in [5.74, 6) is -0.373. The first-order valence-corrected chi connectivity index (χ1v) is 8.45. The third-order valence-electron chi connectivity index (χ3n) is 3.90. The maximum absolute atomic E-state index is 12.3. The molecule has 6 heteroatoms. The number of benzene rings is 2. The first kappa shape index (κ1) is 14.8. The zero-order valence-corrected chi connectivity index (χ0v) is 13.6. The van der Waals surface area contributed by atoms with E-state index in [1.54, 1.807) is 18.2 Å². The van der Waals surface area contributed by atoms with E-state index in [-0.39, 0.29) is 18.5 Å². The summed E-state index contributed by atoms with van der Waals surface area (Å²) in [6.45, 7) is 0.159. The SMILES string of the molecule is O=C1CCc2cc(C(=O)OCc3nc4ccccc4s3)ccc2N1. The Kier molecular flexibility index (Phi) is 3.74. The largest absolute Gasteiger partial charge is 0.455 e. The molecule has 1 aliphatic heterocycles. The lowest BCUT2D eigenvalue weighted by Crippen LogP contribution is -2.19. The summed E-state index contributed by atoms with van der Waals surface area (Å²) >= 11 is 1.52. The summed E-state index contributed by atoms with van der Waals surface area (Å²) in [6.07, 6.45) is 1.08. The Balaban J connectivity index is 1.47. The van der Waals surface area contributed by atoms with Crippen LogP contribution in [0.15, 0.2) is 42.5 Å². The summed E-state index contributed by atoms with van der Waals surface area (Å²) in [6, 6.07) is 13.0. The quantitative estimate of drug-likeness (QED) is 0.742. The molecule has 2 aromatic carbocycles. The third-order valence-corrected chi connectivity index (χ3v) is 4.91. The second-order valence-electron chi connectivity index (χ2n) is 5.57. The van der Waals surface area contributed by atoms with Gasteiger partial charge in [-0.05, 0) is 42.3 Å². The molecule has 1 amide bonds. The Hall–Kier alpha value is -2.73. The summed E-state index contributed by atoms with van der Waals surface area (Å²) in [7, 11) is 0. The van der Waals surface area contributed by atoms with Crippen molar-refractivity contribution in [2.45, 2.75) is 19.4 Å². The zero-order valence-electron chi connectivity index (χ0n) is 12.7. The van der Waals surface area contributed by atoms with Crippen LogP contribution >= 0.6 is 11.3 Å². The number of carbonyl (C=O) groups is 2. The minimum Gasteiger partial charge on any atom is -0.455 e. The van der Waals surface area contributed by atoms with Crippen molar-refractivity contribution < 1.29 is 14.3 Å². The number of esters is 1. The molecule has 120 valence electrons. The van der Waals surface area contributed by atoms with Gasteiger partial charge in [-0.25, -0.2) is 9.78 Å². The van der Waals surface area contributed by atoms with E-state index < -0.39 is 0 Å². The van der Waals surface area contributed by atoms with Crippen molar-refractivity contribution in [1.29, 1.82) is 0 Å². The molecule has 2 heterocycles. The number of carbonyl (C=O) groups excluding carboxylic acids is 2. The second kappa shape index (κ2) is 6.05. The fraction of sp³-hybridized carbons (Fsp3) is 0.167. The number of aromatic nitrogens is 1. The number of para-hydroxylation sites is 1. The van der Waals surface area contributed by atoms with E-state index in [9.17, 15) is 9.59 Å². The van der Waals surface area contributed by atoms with Gasteiger partial charge in [0.05, 0.1) is 15.8 Å². The number of hydrogen-bond donors (Lipinski definition) is 1. The highest BCUT2D eigenvalue weighted by Gasteiger charge is 2.17. The summed E-state index contributed by atoms with van der Waals surface area (Å²) in [5, 5.41) is 3.57. The van der Waals surface area contributed by atoms with E-state index in [0.717, 1.165) is 26.5 Å². The predicted octanol–water partition coefficient (Wildman–Crippen LogP) is 3.54. The predicted molar refractivity (Wildman–Crippen MR) is 92.1 cm³/mol. The van der Waals surface area contributed by atoms with Crippen molar-refractivity contribution in [2.75, 3.05) is 5.32 Å². The molecule has 0 fully saturated rings. The van der Waals surface area contributed by atoms with Gasteiger partial charge in [0.2, 0.25) is 5.91 Å². The molecule has 24 heavy (non-hydrogen) atoms. The van der Waals surface area contributed by atoms with E-state index in [0.29, 0.717) is 18.4 Å². The lowest BCUT2D eigenvalue weighted by atomic mass is 10.0. The number of nitrogens with zero attached hydrogens (tertiary/aromatic N) is 1. The Morgan fingerprint density at radius 2 is 2.08 bits per heavy atom. The van der Waals surface area contributed by atoms with Crippen molar-refractivity contribution in [3.05, 3.63) is 58.6 Å². The van der Waals surface area contributed by atoms with Crippen LogP contribution in [0.2, 0.25) is 0 Å². The van der Waals surface area contributed by atoms with Gasteiger partial charge < -0.3 is 10.1 Å². The van der Waals surface area contributed by atoms with E-state index in [2.05, 4.69) is 10.3 Å². The first-order chi connectivity index (χ1) is 11.7. The normalized spacial score (nSPS) is 13.4. The number of rotatable bonds is 3. The van der Waals surface area contributed by atoms with Gasteiger partial charge >= 0.3 is 5.97 Å². The maximum Gasteiger partial charge on any atom is 0.338 e. The van der Waals surface area contributed by atoms with Crippen molar-refractivity contribution in [3.63, 3.8) is 0 Å². The van der Waals surface area contributed by atoms with E-state index >= 15 is 0 Å². The van der Waals surface area contributed by atoms with Gasteiger partial charge in [-0.1, -0.05) is 12.1 Å². The Morgan fingerprint density at radius 1 is 1.21 bits per heavy atom. The molecule has 0 radical (unpaired) electrons. The van der Waals surface area contributed by atoms with Crippen molar-refractivity contribution in [2.24, 2.45) is 0 Å². The molecule has 5 nitrogen and oxygen atoms in total. The summed E-state index contributed by atoms with van der Waals surface area (Å²) in [5.41, 5.74) is 3.14. The smallest absolute Gasteiger partial charge is 0.338 e. The number of nitrogens with one attached hydrogen (secondary N) is 1. The van der Waals surface area contributed by atoms with Crippen LogP contribution in [0.3, 0.4) is 0 Å². The van der Waals surface area contributed by atoms with E-state index in [4.69, 9.17) is 4.74 Å². The third kappa shape index (κ3) is 2.88. The molecular weight excluding hydrogens is 324 g/mol. The summed E-state index contributed by atoms with van der Waals surface area (Å²) in [4.78, 5) is 28.1. The van der Waals surface area contributed by atoms with Crippen LogP contribution in [0.1, 0.15) is 27.3 Å². The van der Waals surface area contributed by atoms with E-state index in [1.807, 2.05) is 24.3 Å². The molecular formula is C18H14N2O3S. The van der Waals surface area contributed by atoms with Gasteiger partial charge in [0.25, 0.3) is 0 Å². The molecule has 1 N–H and O–H groups in total. The Bertz CT molecular complexity index is 915. The number of ether oxygens (including phenoxy) is 1. The van der Waals surface area contributed by atoms with Crippen LogP contribution in [0.5, 0.6) is 0 Å². The lowest BCUT2D eigenvalue weighted by Gasteiger charge is -2.17. The highest BCUT2D eigenvalue weighted by Crippen LogP contribution is 2.25. The topological polar surface area (TPSA) is 68.3 Å². The van der Waals surface area contributed by atoms with Gasteiger partial charge in [-0.3, -0.25) is 4.79 Å². The number of anilines is 1. The molecule has 0 saturated carbocycles. The minimum atomic E-state index is -0.381. The number of hydrogen-bond acceptors (Lipinski definition) is 5. The number of amides is 1. The number of fused-ring (bicyclic) bond motifs is 2. The van der Waals surface area contributed by atoms with Crippen LogP contribution in [0.25, 0.3) is 10.2 Å². The lowest BCUT2D eigenvalue weighted by molar-refractivity contribution is -0.116. The van der Waals surface area contributed by atoms with Gasteiger partial charge in [0.1, 0.15) is 11.6 Å². The molecule has 0 spiro atoms. The van der Waals surface area contributed by atoms with Crippen LogP contribution in [0, 0.1) is 0 Å². The molecule has 0 bridgehead atoms. The van der Waals surface area contributed by atoms with Crippen molar-refractivity contribution >= 4 is 39.1 Å². The van der Waals surface area contributed by atoms with Crippen molar-refractivity contribution in [1.82, 2.24) is 4.98 Å². The summed E-state index contributed by atoms with van der Waals surface area (Å²) < 4.78 is 6.45. The molecule has 4 rings (SSSR count). The van der Waals surface area contributed by atoms with Gasteiger partial charge in [-0.2, -0.15) is 0 Å². The molecule has 1 aromatic heterocycles. The van der Waals surface area contributed by atoms with Crippen LogP contribution in [-0.4, -0.2) is 16.9 Å². The molecule has 0 unspecified atom stereocenters. The van der Waals surface area contributed by atoms with Crippen LogP contribution in [0.4, 0.5) is 5.69 Å². The Morgan fingerprint density at radius 3 is 2.96 bits per heavy atom. The molecule has 3 aromatic rings. The second-order valence-corrected chi connectivity index (χ2v) is 6.69. The fourth-order valence-electron chi connectivity index (χ4n) is 2.70. The number of thiazole rings is 1. The van der Waals surface area contributed by atoms with Gasteiger partial charge in [0, 0.05) is 12.1 Å². The first-order valence-electron chi connectivity index (χ1n) is 7.63. The highest BCUT2D eigenvalue weighted by atomic mass is 32.1. The molecule has 0 atom stereocenters. The maximum atomic E-state index is 12.3. The van der Waals surface area contributed by atoms with Gasteiger partial charge in [-0.15, -0.1) is 11.3 Å². The average Bonchev–Trinajstić information content (AvgIpc) is 3.02. The monoisotopic (exact) mass is 338 g/mol. The molecule has 0 aliphatic carbocycles. The number of aryl methyl sites for hydroxylation is 1. The minimum absolute atomic E-state index is 0.00802. The van der Waals surface area contributed by atoms with Crippen LogP contribution < -0.4 is 5.32 Å². The van der Waals surface area contributed by atoms with Crippen LogP contribution in [-0.2, 0) is 22.6 Å². The average molecular weight is 338 g/mol. The fourth-order valence-corrected chi connectivity index (χ4v) is 3.58. The molecule has 1 aliphatic rings. The van der Waals surface area contributed by atoms with Gasteiger partial charge in [0.15, 0.2) is 0 Å². The van der Waals surface area contributed by atoms with E-state index in [1.165, 1.54) is 11.3 Å². The standard InChI is InChI=1S/C18H14N2O3S/c21-16-8-6-11-9-12(5-7-13(11)19-16)18(22)23-10-17-20-14-3-1-2-4-15(14)24-17/h1-5,7,9H,6,8,10H2,(H,19,21). The zero-order chi connectivity index (χ0) is 16.5. The highest BCUT2D eigenvalue weighted by molar-refractivity contribution is 7.18. The molecule has 0 saturated heterocycles. The van der Waals surface area contributed by atoms with Crippen molar-refractivity contribution in [3.8, 4) is 0 Å².